The van der Waals surface area contributed by atoms with Gasteiger partial charge in [-0.05, 0) is 58.2 Å². The fourth-order valence-electron chi connectivity index (χ4n) is 3.61. The summed E-state index contributed by atoms with van der Waals surface area (Å²) in [5, 5.41) is 3.76. The Morgan fingerprint density at radius 3 is 2.50 bits per heavy atom. The van der Waals surface area contributed by atoms with Crippen molar-refractivity contribution >= 4 is 0 Å². The average molecular weight is 252 g/mol. The van der Waals surface area contributed by atoms with E-state index in [0.29, 0.717) is 6.04 Å². The van der Waals surface area contributed by atoms with Crippen molar-refractivity contribution in [2.45, 2.75) is 77.3 Å². The van der Waals surface area contributed by atoms with E-state index < -0.39 is 0 Å². The standard InChI is InChI=1S/C16H32N2/c1-3-16-10-13-18(11-8-14(2)17-16)12-9-15-6-4-5-7-15/h14-17H,3-13H2,1-2H3. The van der Waals surface area contributed by atoms with Gasteiger partial charge in [-0.15, -0.1) is 0 Å². The minimum Gasteiger partial charge on any atom is -0.311 e. The van der Waals surface area contributed by atoms with Crippen molar-refractivity contribution in [3.8, 4) is 0 Å². The molecule has 0 aromatic rings. The van der Waals surface area contributed by atoms with Crippen molar-refractivity contribution in [3.05, 3.63) is 0 Å². The Bertz CT molecular complexity index is 223. The highest BCUT2D eigenvalue weighted by Gasteiger charge is 2.19. The van der Waals surface area contributed by atoms with Crippen LogP contribution in [0.5, 0.6) is 0 Å². The van der Waals surface area contributed by atoms with Gasteiger partial charge in [0, 0.05) is 12.1 Å². The largest absolute Gasteiger partial charge is 0.311 e. The number of hydrogen-bond donors (Lipinski definition) is 1. The Balaban J connectivity index is 1.72. The minimum atomic E-state index is 0.698. The van der Waals surface area contributed by atoms with E-state index in [2.05, 4.69) is 24.1 Å². The molecule has 1 saturated carbocycles. The lowest BCUT2D eigenvalue weighted by molar-refractivity contribution is 0.201. The van der Waals surface area contributed by atoms with E-state index in [0.717, 1.165) is 12.0 Å². The molecule has 106 valence electrons. The summed E-state index contributed by atoms with van der Waals surface area (Å²) in [7, 11) is 0. The van der Waals surface area contributed by atoms with Crippen molar-refractivity contribution in [2.24, 2.45) is 5.92 Å². The topological polar surface area (TPSA) is 15.3 Å². The van der Waals surface area contributed by atoms with Gasteiger partial charge in [-0.25, -0.2) is 0 Å². The lowest BCUT2D eigenvalue weighted by Gasteiger charge is -2.32. The number of nitrogens with one attached hydrogen (secondary N) is 1. The Morgan fingerprint density at radius 2 is 1.78 bits per heavy atom. The second-order valence-corrected chi connectivity index (χ2v) is 6.53. The second kappa shape index (κ2) is 7.49. The first-order chi connectivity index (χ1) is 8.78. The quantitative estimate of drug-likeness (QED) is 0.825. The molecule has 1 aliphatic heterocycles. The summed E-state index contributed by atoms with van der Waals surface area (Å²) in [6.07, 6.45) is 11.4. The van der Waals surface area contributed by atoms with Crippen LogP contribution in [0.1, 0.15) is 65.2 Å². The molecular formula is C16H32N2. The summed E-state index contributed by atoms with van der Waals surface area (Å²) >= 11 is 0. The van der Waals surface area contributed by atoms with Crippen molar-refractivity contribution in [3.63, 3.8) is 0 Å². The van der Waals surface area contributed by atoms with Crippen LogP contribution >= 0.6 is 0 Å². The highest BCUT2D eigenvalue weighted by atomic mass is 15.1. The summed E-state index contributed by atoms with van der Waals surface area (Å²) in [4.78, 5) is 2.73. The molecule has 2 nitrogen and oxygen atoms in total. The summed E-state index contributed by atoms with van der Waals surface area (Å²) < 4.78 is 0. The molecule has 2 fully saturated rings. The van der Waals surface area contributed by atoms with Gasteiger partial charge in [0.15, 0.2) is 0 Å². The molecular weight excluding hydrogens is 220 g/mol. The number of hydrogen-bond acceptors (Lipinski definition) is 2. The second-order valence-electron chi connectivity index (χ2n) is 6.53. The van der Waals surface area contributed by atoms with Crippen LogP contribution in [0.4, 0.5) is 0 Å². The normalized spacial score (nSPS) is 32.3. The Labute approximate surface area is 114 Å². The van der Waals surface area contributed by atoms with Crippen LogP contribution in [-0.2, 0) is 0 Å². The van der Waals surface area contributed by atoms with Crippen LogP contribution in [0.25, 0.3) is 0 Å². The maximum absolute atomic E-state index is 3.76. The smallest absolute Gasteiger partial charge is 0.00790 e. The van der Waals surface area contributed by atoms with Crippen molar-refractivity contribution in [2.75, 3.05) is 19.6 Å². The predicted octanol–water partition coefficient (Wildman–Crippen LogP) is 3.42. The molecule has 2 aliphatic rings. The molecule has 2 rings (SSSR count). The van der Waals surface area contributed by atoms with Crippen LogP contribution < -0.4 is 5.32 Å². The van der Waals surface area contributed by atoms with Crippen molar-refractivity contribution in [1.29, 1.82) is 0 Å². The first-order valence-electron chi connectivity index (χ1n) is 8.26. The monoisotopic (exact) mass is 252 g/mol. The number of nitrogens with zero attached hydrogens (tertiary/aromatic N) is 1. The van der Waals surface area contributed by atoms with Crippen LogP contribution in [0.2, 0.25) is 0 Å². The fourth-order valence-corrected chi connectivity index (χ4v) is 3.61. The first kappa shape index (κ1) is 14.3. The van der Waals surface area contributed by atoms with E-state index in [1.807, 2.05) is 0 Å². The molecule has 2 heteroatoms. The van der Waals surface area contributed by atoms with Gasteiger partial charge >= 0.3 is 0 Å². The van der Waals surface area contributed by atoms with Gasteiger partial charge < -0.3 is 10.2 Å². The van der Waals surface area contributed by atoms with E-state index in [-0.39, 0.29) is 0 Å². The lowest BCUT2D eigenvalue weighted by Crippen LogP contribution is -2.44. The highest BCUT2D eigenvalue weighted by molar-refractivity contribution is 4.78. The molecule has 0 bridgehead atoms. The van der Waals surface area contributed by atoms with E-state index >= 15 is 0 Å². The maximum Gasteiger partial charge on any atom is 0.00790 e. The molecule has 0 aromatic heterocycles. The van der Waals surface area contributed by atoms with Gasteiger partial charge in [-0.2, -0.15) is 0 Å². The SMILES string of the molecule is CCC1CCN(CCC2CCCC2)CCC(C)N1. The molecule has 0 aromatic carbocycles. The third kappa shape index (κ3) is 4.55. The van der Waals surface area contributed by atoms with E-state index in [1.165, 1.54) is 71.0 Å². The Kier molecular flexibility index (Phi) is 5.97. The van der Waals surface area contributed by atoms with Gasteiger partial charge in [0.2, 0.25) is 0 Å². The molecule has 1 saturated heterocycles. The molecule has 18 heavy (non-hydrogen) atoms. The van der Waals surface area contributed by atoms with Gasteiger partial charge in [-0.1, -0.05) is 32.6 Å². The fraction of sp³-hybridized carbons (Fsp3) is 1.00. The molecule has 0 radical (unpaired) electrons. The van der Waals surface area contributed by atoms with E-state index in [4.69, 9.17) is 0 Å². The van der Waals surface area contributed by atoms with E-state index in [1.54, 1.807) is 0 Å². The van der Waals surface area contributed by atoms with Crippen LogP contribution in [0.3, 0.4) is 0 Å². The third-order valence-corrected chi connectivity index (χ3v) is 5.01. The number of rotatable bonds is 4. The molecule has 1 aliphatic carbocycles. The summed E-state index contributed by atoms with van der Waals surface area (Å²) in [6.45, 7) is 8.63. The van der Waals surface area contributed by atoms with Crippen molar-refractivity contribution < 1.29 is 0 Å². The van der Waals surface area contributed by atoms with Gasteiger partial charge in [-0.3, -0.25) is 0 Å². The minimum absolute atomic E-state index is 0.698. The zero-order valence-corrected chi connectivity index (χ0v) is 12.5. The Hall–Kier alpha value is -0.0800. The third-order valence-electron chi connectivity index (χ3n) is 5.01. The molecule has 1 N–H and O–H groups in total. The zero-order valence-electron chi connectivity index (χ0n) is 12.5. The summed E-state index contributed by atoms with van der Waals surface area (Å²) in [5.74, 6) is 1.05. The predicted molar refractivity (Wildman–Crippen MR) is 78.9 cm³/mol. The Morgan fingerprint density at radius 1 is 1.06 bits per heavy atom. The van der Waals surface area contributed by atoms with E-state index in [9.17, 15) is 0 Å². The molecule has 1 heterocycles. The van der Waals surface area contributed by atoms with Crippen molar-refractivity contribution in [1.82, 2.24) is 10.2 Å². The maximum atomic E-state index is 3.76. The average Bonchev–Trinajstić information content (AvgIpc) is 2.86. The highest BCUT2D eigenvalue weighted by Crippen LogP contribution is 2.27. The zero-order chi connectivity index (χ0) is 12.8. The van der Waals surface area contributed by atoms with Crippen LogP contribution in [-0.4, -0.2) is 36.6 Å². The first-order valence-corrected chi connectivity index (χ1v) is 8.26. The molecule has 0 spiro atoms. The van der Waals surface area contributed by atoms with Gasteiger partial charge in [0.05, 0.1) is 0 Å². The molecule has 0 amide bonds. The summed E-state index contributed by atoms with van der Waals surface area (Å²) in [5.41, 5.74) is 0. The lowest BCUT2D eigenvalue weighted by atomic mass is 10.0. The van der Waals surface area contributed by atoms with Gasteiger partial charge in [0.1, 0.15) is 0 Å². The van der Waals surface area contributed by atoms with Crippen LogP contribution in [0, 0.1) is 5.92 Å². The molecule has 2 unspecified atom stereocenters. The summed E-state index contributed by atoms with van der Waals surface area (Å²) in [6, 6.07) is 1.44. The van der Waals surface area contributed by atoms with Gasteiger partial charge in [0.25, 0.3) is 0 Å². The van der Waals surface area contributed by atoms with Crippen LogP contribution in [0.15, 0.2) is 0 Å². The molecule has 2 atom stereocenters.